The number of aryl methyl sites for hydroxylation is 1. The van der Waals surface area contributed by atoms with Gasteiger partial charge >= 0.3 is 0 Å². The second kappa shape index (κ2) is 6.78. The van der Waals surface area contributed by atoms with Gasteiger partial charge in [0.25, 0.3) is 0 Å². The van der Waals surface area contributed by atoms with Crippen LogP contribution in [0.3, 0.4) is 0 Å². The van der Waals surface area contributed by atoms with Crippen LogP contribution in [0.1, 0.15) is 28.3 Å². The van der Waals surface area contributed by atoms with Crippen molar-refractivity contribution in [3.8, 4) is 11.9 Å². The number of nitrogens with two attached hydrogens (primary N) is 1. The maximum atomic E-state index is 14.3. The molecule has 2 aromatic carbocycles. The van der Waals surface area contributed by atoms with Crippen molar-refractivity contribution in [1.82, 2.24) is 14.8 Å². The Morgan fingerprint density at radius 1 is 1.23 bits per heavy atom. The minimum atomic E-state index is -0.427. The van der Waals surface area contributed by atoms with Gasteiger partial charge in [-0.15, -0.1) is 5.10 Å². The Bertz CT molecular complexity index is 1360. The Morgan fingerprint density at radius 3 is 2.80 bits per heavy atom. The summed E-state index contributed by atoms with van der Waals surface area (Å²) in [7, 11) is 0. The molecule has 30 heavy (non-hydrogen) atoms. The number of para-hydroxylation sites is 1. The molecule has 0 fully saturated rings. The molecule has 148 valence electrons. The monoisotopic (exact) mass is 399 g/mol. The highest BCUT2D eigenvalue weighted by Gasteiger charge is 2.36. The topological polar surface area (TPSA) is 92.7 Å². The summed E-state index contributed by atoms with van der Waals surface area (Å²) in [4.78, 5) is 0. The number of benzene rings is 2. The van der Waals surface area contributed by atoms with Gasteiger partial charge in [0.15, 0.2) is 0 Å². The lowest BCUT2D eigenvalue weighted by Crippen LogP contribution is -2.21. The predicted octanol–water partition coefficient (Wildman–Crippen LogP) is 4.08. The maximum absolute atomic E-state index is 14.3. The van der Waals surface area contributed by atoms with Crippen LogP contribution >= 0.6 is 0 Å². The number of fused-ring (bicyclic) bond motifs is 2. The SMILES string of the molecule is Cc1[nH]nc2c1C(c1cn(Cc3ccccc3F)c3ccccc13)C(C#N)=C(N)O2. The largest absolute Gasteiger partial charge is 0.420 e. The van der Waals surface area contributed by atoms with Gasteiger partial charge in [-0.1, -0.05) is 36.4 Å². The molecule has 0 radical (unpaired) electrons. The van der Waals surface area contributed by atoms with E-state index in [1.165, 1.54) is 6.07 Å². The van der Waals surface area contributed by atoms with Crippen molar-refractivity contribution in [3.63, 3.8) is 0 Å². The van der Waals surface area contributed by atoms with Gasteiger partial charge in [0.05, 0.1) is 12.5 Å². The van der Waals surface area contributed by atoms with E-state index in [0.29, 0.717) is 23.6 Å². The minimum absolute atomic E-state index is 0.0486. The van der Waals surface area contributed by atoms with Crippen LogP contribution in [0, 0.1) is 24.1 Å². The number of aromatic amines is 1. The number of ether oxygens (including phenoxy) is 1. The molecule has 5 rings (SSSR count). The van der Waals surface area contributed by atoms with Crippen LogP contribution in [-0.2, 0) is 6.54 Å². The van der Waals surface area contributed by atoms with Gasteiger partial charge in [0.2, 0.25) is 11.8 Å². The van der Waals surface area contributed by atoms with Gasteiger partial charge < -0.3 is 15.0 Å². The second-order valence-electron chi connectivity index (χ2n) is 7.31. The van der Waals surface area contributed by atoms with Crippen molar-refractivity contribution in [1.29, 1.82) is 5.26 Å². The van der Waals surface area contributed by atoms with Crippen molar-refractivity contribution in [2.45, 2.75) is 19.4 Å². The summed E-state index contributed by atoms with van der Waals surface area (Å²) in [5.41, 5.74) is 10.4. The number of nitrogens with zero attached hydrogens (tertiary/aromatic N) is 3. The number of allylic oxidation sites excluding steroid dienone is 1. The summed E-state index contributed by atoms with van der Waals surface area (Å²) in [6.07, 6.45) is 1.97. The Labute approximate surface area is 172 Å². The van der Waals surface area contributed by atoms with Crippen molar-refractivity contribution in [2.75, 3.05) is 0 Å². The number of aromatic nitrogens is 3. The normalized spacial score (nSPS) is 15.7. The van der Waals surface area contributed by atoms with Crippen LogP contribution in [0.15, 0.2) is 66.2 Å². The number of H-pyrrole nitrogens is 1. The standard InChI is InChI=1S/C23H18FN5O/c1-13-20-21(16(10-25)22(26)30-23(20)28-27-13)17-12-29(19-9-5-3-7-15(17)19)11-14-6-2-4-8-18(14)24/h2-9,12,21H,11,26H2,1H3,(H,27,28). The molecular formula is C23H18FN5O. The molecule has 1 atom stereocenters. The average molecular weight is 399 g/mol. The number of rotatable bonds is 3. The van der Waals surface area contributed by atoms with Gasteiger partial charge in [0.1, 0.15) is 17.5 Å². The van der Waals surface area contributed by atoms with E-state index < -0.39 is 5.92 Å². The Morgan fingerprint density at radius 2 is 2.00 bits per heavy atom. The van der Waals surface area contributed by atoms with Crippen LogP contribution < -0.4 is 10.5 Å². The molecule has 0 bridgehead atoms. The summed E-state index contributed by atoms with van der Waals surface area (Å²) in [6, 6.07) is 16.8. The van der Waals surface area contributed by atoms with E-state index in [9.17, 15) is 9.65 Å². The van der Waals surface area contributed by atoms with Crippen LogP contribution in [-0.4, -0.2) is 14.8 Å². The van der Waals surface area contributed by atoms with Gasteiger partial charge in [-0.3, -0.25) is 5.10 Å². The summed E-state index contributed by atoms with van der Waals surface area (Å²) in [6.45, 7) is 2.26. The van der Waals surface area contributed by atoms with Gasteiger partial charge in [-0.2, -0.15) is 5.26 Å². The summed E-state index contributed by atoms with van der Waals surface area (Å²) >= 11 is 0. The highest BCUT2D eigenvalue weighted by molar-refractivity contribution is 5.86. The molecule has 7 heteroatoms. The highest BCUT2D eigenvalue weighted by Crippen LogP contribution is 2.45. The van der Waals surface area contributed by atoms with E-state index in [1.54, 1.807) is 12.1 Å². The summed E-state index contributed by atoms with van der Waals surface area (Å²) < 4.78 is 21.9. The van der Waals surface area contributed by atoms with Crippen molar-refractivity contribution in [2.24, 2.45) is 5.73 Å². The van der Waals surface area contributed by atoms with Crippen molar-refractivity contribution >= 4 is 10.9 Å². The zero-order chi connectivity index (χ0) is 20.8. The van der Waals surface area contributed by atoms with E-state index in [2.05, 4.69) is 16.3 Å². The third-order valence-corrected chi connectivity index (χ3v) is 5.56. The molecule has 3 N–H and O–H groups in total. The third kappa shape index (κ3) is 2.65. The van der Waals surface area contributed by atoms with E-state index in [1.807, 2.05) is 48.0 Å². The van der Waals surface area contributed by atoms with Crippen molar-refractivity contribution < 1.29 is 9.13 Å². The van der Waals surface area contributed by atoms with E-state index in [-0.39, 0.29) is 11.7 Å². The molecule has 2 aromatic heterocycles. The molecule has 0 saturated heterocycles. The lowest BCUT2D eigenvalue weighted by atomic mass is 9.84. The van der Waals surface area contributed by atoms with Crippen molar-refractivity contribution in [3.05, 3.63) is 94.4 Å². The Balaban J connectivity index is 1.73. The number of nitriles is 1. The number of hydrogen-bond acceptors (Lipinski definition) is 4. The Kier molecular flexibility index (Phi) is 4.07. The predicted molar refractivity (Wildman–Crippen MR) is 110 cm³/mol. The quantitative estimate of drug-likeness (QED) is 0.543. The summed E-state index contributed by atoms with van der Waals surface area (Å²) in [5.74, 6) is -0.255. The fourth-order valence-electron chi connectivity index (χ4n) is 4.16. The molecule has 0 aliphatic carbocycles. The first kappa shape index (κ1) is 18.0. The number of halogens is 1. The zero-order valence-electron chi connectivity index (χ0n) is 16.2. The lowest BCUT2D eigenvalue weighted by molar-refractivity contribution is 0.379. The summed E-state index contributed by atoms with van der Waals surface area (Å²) in [5, 5.41) is 17.9. The highest BCUT2D eigenvalue weighted by atomic mass is 19.1. The average Bonchev–Trinajstić information content (AvgIpc) is 3.29. The fraction of sp³-hybridized carbons (Fsp3) is 0.130. The molecule has 0 spiro atoms. The first-order valence-electron chi connectivity index (χ1n) is 9.52. The lowest BCUT2D eigenvalue weighted by Gasteiger charge is -2.23. The van der Waals surface area contributed by atoms with E-state index in [0.717, 1.165) is 27.7 Å². The molecular weight excluding hydrogens is 381 g/mol. The van der Waals surface area contributed by atoms with Crippen LogP contribution in [0.4, 0.5) is 4.39 Å². The number of hydrogen-bond donors (Lipinski definition) is 2. The fourth-order valence-corrected chi connectivity index (χ4v) is 4.16. The maximum Gasteiger partial charge on any atom is 0.244 e. The number of nitrogens with one attached hydrogen (secondary N) is 1. The van der Waals surface area contributed by atoms with Crippen LogP contribution in [0.5, 0.6) is 5.88 Å². The molecule has 0 saturated carbocycles. The van der Waals surface area contributed by atoms with E-state index in [4.69, 9.17) is 10.5 Å². The molecule has 0 amide bonds. The van der Waals surface area contributed by atoms with Crippen LogP contribution in [0.2, 0.25) is 0 Å². The Hall–Kier alpha value is -4.05. The third-order valence-electron chi connectivity index (χ3n) is 5.56. The van der Waals surface area contributed by atoms with Gasteiger partial charge in [-0.05, 0) is 24.6 Å². The van der Waals surface area contributed by atoms with Gasteiger partial charge in [0, 0.05) is 33.9 Å². The first-order chi connectivity index (χ1) is 14.6. The smallest absolute Gasteiger partial charge is 0.244 e. The van der Waals surface area contributed by atoms with E-state index >= 15 is 0 Å². The molecule has 1 unspecified atom stereocenters. The second-order valence-corrected chi connectivity index (χ2v) is 7.31. The molecule has 4 aromatic rings. The molecule has 1 aliphatic rings. The molecule has 6 nitrogen and oxygen atoms in total. The van der Waals surface area contributed by atoms with Crippen LogP contribution in [0.25, 0.3) is 10.9 Å². The zero-order valence-corrected chi connectivity index (χ0v) is 16.2. The van der Waals surface area contributed by atoms with Gasteiger partial charge in [-0.25, -0.2) is 4.39 Å². The molecule has 3 heterocycles. The molecule has 1 aliphatic heterocycles. The first-order valence-corrected chi connectivity index (χ1v) is 9.52. The minimum Gasteiger partial charge on any atom is -0.420 e.